The second-order valence-electron chi connectivity index (χ2n) is 4.49. The van der Waals surface area contributed by atoms with E-state index in [2.05, 4.69) is 18.2 Å². The molecule has 0 radical (unpaired) electrons. The fourth-order valence-electron chi connectivity index (χ4n) is 2.39. The molecule has 0 aliphatic heterocycles. The third kappa shape index (κ3) is 1.96. The van der Waals surface area contributed by atoms with Crippen molar-refractivity contribution in [1.29, 1.82) is 0 Å². The molecule has 18 heavy (non-hydrogen) atoms. The number of fused-ring (bicyclic) bond motifs is 2. The van der Waals surface area contributed by atoms with Gasteiger partial charge in [-0.2, -0.15) is 0 Å². The molecule has 1 unspecified atom stereocenters. The first-order valence-electron chi connectivity index (χ1n) is 5.98. The van der Waals surface area contributed by atoms with E-state index >= 15 is 0 Å². The van der Waals surface area contributed by atoms with Crippen molar-refractivity contribution >= 4 is 23.8 Å². The summed E-state index contributed by atoms with van der Waals surface area (Å²) in [5.41, 5.74) is 4.11. The normalized spacial score (nSPS) is 19.3. The van der Waals surface area contributed by atoms with Gasteiger partial charge in [-0.1, -0.05) is 60.2 Å². The van der Waals surface area contributed by atoms with E-state index in [4.69, 9.17) is 11.6 Å². The Morgan fingerprint density at radius 2 is 1.83 bits per heavy atom. The smallest absolute Gasteiger partial charge is 0.0836 e. The highest BCUT2D eigenvalue weighted by molar-refractivity contribution is 6.32. The summed E-state index contributed by atoms with van der Waals surface area (Å²) in [5, 5.41) is 11.0. The zero-order valence-corrected chi connectivity index (χ0v) is 10.6. The lowest BCUT2D eigenvalue weighted by atomic mass is 9.91. The van der Waals surface area contributed by atoms with E-state index in [9.17, 15) is 5.11 Å². The van der Waals surface area contributed by atoms with E-state index in [-0.39, 0.29) is 0 Å². The van der Waals surface area contributed by atoms with Crippen molar-refractivity contribution in [1.82, 2.24) is 0 Å². The van der Waals surface area contributed by atoms with Crippen LogP contribution >= 0.6 is 11.6 Å². The van der Waals surface area contributed by atoms with E-state index in [0.29, 0.717) is 11.4 Å². The summed E-state index contributed by atoms with van der Waals surface area (Å²) in [6, 6.07) is 13.8. The van der Waals surface area contributed by atoms with Crippen LogP contribution in [0.25, 0.3) is 12.2 Å². The van der Waals surface area contributed by atoms with Crippen molar-refractivity contribution in [2.75, 3.05) is 0 Å². The van der Waals surface area contributed by atoms with Crippen LogP contribution in [-0.2, 0) is 6.42 Å². The maximum absolute atomic E-state index is 10.3. The first-order chi connectivity index (χ1) is 8.75. The van der Waals surface area contributed by atoms with Gasteiger partial charge < -0.3 is 5.11 Å². The van der Waals surface area contributed by atoms with Crippen molar-refractivity contribution in [3.8, 4) is 0 Å². The van der Waals surface area contributed by atoms with E-state index in [1.807, 2.05) is 36.4 Å². The third-order valence-electron chi connectivity index (χ3n) is 3.34. The van der Waals surface area contributed by atoms with Gasteiger partial charge in [0.05, 0.1) is 6.10 Å². The molecule has 1 N–H and O–H groups in total. The Hall–Kier alpha value is -1.57. The van der Waals surface area contributed by atoms with Crippen molar-refractivity contribution in [3.05, 3.63) is 69.7 Å². The van der Waals surface area contributed by atoms with Crippen LogP contribution in [0.2, 0.25) is 5.02 Å². The minimum Gasteiger partial charge on any atom is -0.388 e. The molecule has 1 aliphatic carbocycles. The lowest BCUT2D eigenvalue weighted by Crippen LogP contribution is -2.06. The minimum absolute atomic E-state index is 0.509. The largest absolute Gasteiger partial charge is 0.388 e. The first kappa shape index (κ1) is 11.5. The zero-order chi connectivity index (χ0) is 12.5. The highest BCUT2D eigenvalue weighted by atomic mass is 35.5. The Balaban J connectivity index is 2.19. The summed E-state index contributed by atoms with van der Waals surface area (Å²) in [6.45, 7) is 0. The van der Waals surface area contributed by atoms with Gasteiger partial charge in [-0.15, -0.1) is 0 Å². The number of rotatable bonds is 0. The van der Waals surface area contributed by atoms with Crippen LogP contribution in [0.15, 0.2) is 42.5 Å². The molecule has 1 aliphatic rings. The molecule has 0 fully saturated rings. The Morgan fingerprint density at radius 3 is 2.72 bits per heavy atom. The SMILES string of the molecule is OC1Cc2ccccc2/C=C\c2c(Cl)cccc21. The van der Waals surface area contributed by atoms with E-state index in [0.717, 1.165) is 22.3 Å². The topological polar surface area (TPSA) is 20.2 Å². The highest BCUT2D eigenvalue weighted by Gasteiger charge is 2.17. The fourth-order valence-corrected chi connectivity index (χ4v) is 2.64. The van der Waals surface area contributed by atoms with Gasteiger partial charge >= 0.3 is 0 Å². The van der Waals surface area contributed by atoms with Gasteiger partial charge in [0, 0.05) is 11.4 Å². The predicted molar refractivity (Wildman–Crippen MR) is 75.5 cm³/mol. The Kier molecular flexibility index (Phi) is 2.94. The van der Waals surface area contributed by atoms with Gasteiger partial charge in [-0.25, -0.2) is 0 Å². The minimum atomic E-state index is -0.509. The Morgan fingerprint density at radius 1 is 1.00 bits per heavy atom. The van der Waals surface area contributed by atoms with E-state index in [1.54, 1.807) is 0 Å². The molecule has 0 saturated carbocycles. The monoisotopic (exact) mass is 256 g/mol. The van der Waals surface area contributed by atoms with Crippen LogP contribution in [0, 0.1) is 0 Å². The average Bonchev–Trinajstić information content (AvgIpc) is 2.36. The van der Waals surface area contributed by atoms with Crippen LogP contribution in [0.5, 0.6) is 0 Å². The van der Waals surface area contributed by atoms with Crippen molar-refractivity contribution in [2.24, 2.45) is 0 Å². The van der Waals surface area contributed by atoms with Crippen molar-refractivity contribution < 1.29 is 5.11 Å². The van der Waals surface area contributed by atoms with Crippen molar-refractivity contribution in [2.45, 2.75) is 12.5 Å². The summed E-state index contributed by atoms with van der Waals surface area (Å²) >= 11 is 6.20. The molecule has 1 nitrogen and oxygen atoms in total. The molecular weight excluding hydrogens is 244 g/mol. The lowest BCUT2D eigenvalue weighted by Gasteiger charge is -2.18. The molecule has 2 aromatic rings. The zero-order valence-electron chi connectivity index (χ0n) is 9.81. The highest BCUT2D eigenvalue weighted by Crippen LogP contribution is 2.32. The molecule has 0 spiro atoms. The summed E-state index contributed by atoms with van der Waals surface area (Å²) in [7, 11) is 0. The number of aliphatic hydroxyl groups excluding tert-OH is 1. The molecule has 0 amide bonds. The van der Waals surface area contributed by atoms with Gasteiger partial charge in [-0.3, -0.25) is 0 Å². The maximum atomic E-state index is 10.3. The van der Waals surface area contributed by atoms with Crippen LogP contribution in [0.4, 0.5) is 0 Å². The summed E-state index contributed by atoms with van der Waals surface area (Å²) < 4.78 is 0. The quantitative estimate of drug-likeness (QED) is 0.752. The van der Waals surface area contributed by atoms with Crippen LogP contribution in [0.3, 0.4) is 0 Å². The Labute approximate surface area is 111 Å². The van der Waals surface area contributed by atoms with Crippen molar-refractivity contribution in [3.63, 3.8) is 0 Å². The van der Waals surface area contributed by atoms with Gasteiger partial charge in [-0.05, 0) is 28.3 Å². The predicted octanol–water partition coefficient (Wildman–Crippen LogP) is 4.10. The van der Waals surface area contributed by atoms with Gasteiger partial charge in [0.15, 0.2) is 0 Å². The summed E-state index contributed by atoms with van der Waals surface area (Å²) in [5.74, 6) is 0. The van der Waals surface area contributed by atoms with E-state index in [1.165, 1.54) is 0 Å². The molecule has 2 heteroatoms. The number of hydrogen-bond donors (Lipinski definition) is 1. The van der Waals surface area contributed by atoms with Crippen LogP contribution in [-0.4, -0.2) is 5.11 Å². The van der Waals surface area contributed by atoms with Crippen LogP contribution < -0.4 is 0 Å². The van der Waals surface area contributed by atoms with Gasteiger partial charge in [0.25, 0.3) is 0 Å². The lowest BCUT2D eigenvalue weighted by molar-refractivity contribution is 0.178. The molecule has 0 saturated heterocycles. The molecule has 0 aromatic heterocycles. The summed E-state index contributed by atoms with van der Waals surface area (Å²) in [6.07, 6.45) is 4.16. The second-order valence-corrected chi connectivity index (χ2v) is 4.90. The third-order valence-corrected chi connectivity index (χ3v) is 3.67. The number of halogens is 1. The number of aliphatic hydroxyl groups is 1. The number of hydrogen-bond acceptors (Lipinski definition) is 1. The first-order valence-corrected chi connectivity index (χ1v) is 6.36. The van der Waals surface area contributed by atoms with Gasteiger partial charge in [0.1, 0.15) is 0 Å². The second kappa shape index (κ2) is 4.60. The molecule has 0 bridgehead atoms. The average molecular weight is 257 g/mol. The molecule has 1 atom stereocenters. The molecular formula is C16H13ClO. The van der Waals surface area contributed by atoms with E-state index < -0.39 is 6.10 Å². The standard InChI is InChI=1S/C16H13ClO/c17-15-7-3-6-14-13(15)9-8-11-4-1-2-5-12(11)10-16(14)18/h1-9,16,18H,10H2/b9-8-. The summed E-state index contributed by atoms with van der Waals surface area (Å²) in [4.78, 5) is 0. The fraction of sp³-hybridized carbons (Fsp3) is 0.125. The maximum Gasteiger partial charge on any atom is 0.0836 e. The van der Waals surface area contributed by atoms with Crippen LogP contribution in [0.1, 0.15) is 28.4 Å². The number of benzene rings is 2. The molecule has 2 aromatic carbocycles. The Bertz CT molecular complexity index is 616. The molecule has 90 valence electrons. The molecule has 0 heterocycles. The van der Waals surface area contributed by atoms with Gasteiger partial charge in [0.2, 0.25) is 0 Å². The molecule has 3 rings (SSSR count).